The van der Waals surface area contributed by atoms with Gasteiger partial charge in [-0.15, -0.1) is 5.10 Å². The Labute approximate surface area is 115 Å². The monoisotopic (exact) mass is 264 g/mol. The molecular formula is C14H24N4O. The van der Waals surface area contributed by atoms with E-state index in [4.69, 9.17) is 5.26 Å². The fraction of sp³-hybridized carbons (Fsp3) is 0.786. The SMILES string of the molecule is CC(C)CCc1c(CC#N)nnn1CC(C)(C)CO. The van der Waals surface area contributed by atoms with Gasteiger partial charge in [0.2, 0.25) is 0 Å². The highest BCUT2D eigenvalue weighted by Gasteiger charge is 2.21. The molecule has 0 saturated carbocycles. The van der Waals surface area contributed by atoms with Crippen LogP contribution in [0, 0.1) is 22.7 Å². The van der Waals surface area contributed by atoms with Crippen LogP contribution in [0.1, 0.15) is 45.5 Å². The second-order valence-corrected chi connectivity index (χ2v) is 6.23. The molecule has 0 fully saturated rings. The number of aromatic nitrogens is 3. The Balaban J connectivity index is 2.94. The van der Waals surface area contributed by atoms with Crippen LogP contribution in [0.3, 0.4) is 0 Å². The van der Waals surface area contributed by atoms with Crippen molar-refractivity contribution >= 4 is 0 Å². The minimum absolute atomic E-state index is 0.101. The molecule has 0 saturated heterocycles. The van der Waals surface area contributed by atoms with Crippen molar-refractivity contribution in [2.24, 2.45) is 11.3 Å². The van der Waals surface area contributed by atoms with Gasteiger partial charge in [0.05, 0.1) is 30.4 Å². The van der Waals surface area contributed by atoms with Gasteiger partial charge in [0, 0.05) is 12.0 Å². The normalized spacial score (nSPS) is 11.8. The predicted molar refractivity (Wildman–Crippen MR) is 73.4 cm³/mol. The molecule has 0 radical (unpaired) electrons. The minimum atomic E-state index is -0.232. The summed E-state index contributed by atoms with van der Waals surface area (Å²) in [5, 5.41) is 26.5. The highest BCUT2D eigenvalue weighted by molar-refractivity contribution is 5.14. The minimum Gasteiger partial charge on any atom is -0.396 e. The smallest absolute Gasteiger partial charge is 0.0999 e. The molecule has 1 heterocycles. The van der Waals surface area contributed by atoms with Gasteiger partial charge in [-0.05, 0) is 18.8 Å². The maximum atomic E-state index is 9.36. The van der Waals surface area contributed by atoms with E-state index < -0.39 is 0 Å². The molecule has 5 heteroatoms. The molecule has 1 rings (SSSR count). The van der Waals surface area contributed by atoms with Gasteiger partial charge in [-0.3, -0.25) is 0 Å². The molecule has 0 aromatic carbocycles. The standard InChI is InChI=1S/C14H24N4O/c1-11(2)5-6-13-12(7-8-15)16-17-18(13)9-14(3,4)10-19/h11,19H,5-7,9-10H2,1-4H3. The number of nitriles is 1. The Morgan fingerprint density at radius 2 is 2.11 bits per heavy atom. The van der Waals surface area contributed by atoms with Gasteiger partial charge in [0.25, 0.3) is 0 Å². The molecule has 1 aromatic rings. The zero-order chi connectivity index (χ0) is 14.5. The molecule has 0 aliphatic heterocycles. The lowest BCUT2D eigenvalue weighted by Gasteiger charge is -2.22. The van der Waals surface area contributed by atoms with Crippen LogP contribution in [0.4, 0.5) is 0 Å². The van der Waals surface area contributed by atoms with Gasteiger partial charge in [-0.25, -0.2) is 4.68 Å². The van der Waals surface area contributed by atoms with Crippen molar-refractivity contribution in [3.8, 4) is 6.07 Å². The molecule has 19 heavy (non-hydrogen) atoms. The maximum absolute atomic E-state index is 9.36. The fourth-order valence-electron chi connectivity index (χ4n) is 1.86. The number of hydrogen-bond acceptors (Lipinski definition) is 4. The first kappa shape index (κ1) is 15.6. The Bertz CT molecular complexity index is 443. The largest absolute Gasteiger partial charge is 0.396 e. The molecule has 106 valence electrons. The van der Waals surface area contributed by atoms with E-state index in [0.717, 1.165) is 24.2 Å². The molecule has 0 amide bonds. The van der Waals surface area contributed by atoms with Gasteiger partial charge in [0.15, 0.2) is 0 Å². The van der Waals surface area contributed by atoms with Crippen LogP contribution in [-0.2, 0) is 19.4 Å². The second kappa shape index (κ2) is 6.67. The van der Waals surface area contributed by atoms with Crippen LogP contribution >= 0.6 is 0 Å². The molecule has 0 aliphatic carbocycles. The average Bonchev–Trinajstić information content (AvgIpc) is 2.69. The molecule has 0 spiro atoms. The first-order chi connectivity index (χ1) is 8.89. The molecule has 5 nitrogen and oxygen atoms in total. The van der Waals surface area contributed by atoms with Crippen molar-refractivity contribution in [3.05, 3.63) is 11.4 Å². The van der Waals surface area contributed by atoms with Crippen molar-refractivity contribution in [2.75, 3.05) is 6.61 Å². The summed E-state index contributed by atoms with van der Waals surface area (Å²) in [5.41, 5.74) is 1.58. The van der Waals surface area contributed by atoms with Crippen LogP contribution in [0.2, 0.25) is 0 Å². The third-order valence-corrected chi connectivity index (χ3v) is 3.13. The molecule has 0 unspecified atom stereocenters. The summed E-state index contributed by atoms with van der Waals surface area (Å²) in [5.74, 6) is 0.601. The highest BCUT2D eigenvalue weighted by Crippen LogP contribution is 2.20. The quantitative estimate of drug-likeness (QED) is 0.816. The van der Waals surface area contributed by atoms with Gasteiger partial charge in [-0.2, -0.15) is 5.26 Å². The topological polar surface area (TPSA) is 74.7 Å². The van der Waals surface area contributed by atoms with E-state index >= 15 is 0 Å². The first-order valence-electron chi connectivity index (χ1n) is 6.78. The molecule has 1 N–H and O–H groups in total. The lowest BCUT2D eigenvalue weighted by molar-refractivity contribution is 0.134. The summed E-state index contributed by atoms with van der Waals surface area (Å²) in [6.45, 7) is 9.06. The Kier molecular flexibility index (Phi) is 5.49. The first-order valence-corrected chi connectivity index (χ1v) is 6.78. The summed E-state index contributed by atoms with van der Waals surface area (Å²) in [6, 6.07) is 2.14. The molecule has 1 aromatic heterocycles. The Morgan fingerprint density at radius 1 is 1.42 bits per heavy atom. The lowest BCUT2D eigenvalue weighted by Crippen LogP contribution is -2.25. The van der Waals surface area contributed by atoms with Crippen LogP contribution in [0.15, 0.2) is 0 Å². The molecular weight excluding hydrogens is 240 g/mol. The second-order valence-electron chi connectivity index (χ2n) is 6.23. The zero-order valence-corrected chi connectivity index (χ0v) is 12.3. The number of aliphatic hydroxyl groups is 1. The van der Waals surface area contributed by atoms with E-state index in [0.29, 0.717) is 18.9 Å². The van der Waals surface area contributed by atoms with E-state index in [2.05, 4.69) is 30.2 Å². The summed E-state index contributed by atoms with van der Waals surface area (Å²) in [4.78, 5) is 0. The Morgan fingerprint density at radius 3 is 2.63 bits per heavy atom. The van der Waals surface area contributed by atoms with E-state index in [1.165, 1.54) is 0 Å². The summed E-state index contributed by atoms with van der Waals surface area (Å²) in [6.07, 6.45) is 2.22. The van der Waals surface area contributed by atoms with E-state index in [1.807, 2.05) is 18.5 Å². The summed E-state index contributed by atoms with van der Waals surface area (Å²) < 4.78 is 1.85. The number of rotatable bonds is 7. The molecule has 0 aliphatic rings. The summed E-state index contributed by atoms with van der Waals surface area (Å²) in [7, 11) is 0. The number of aliphatic hydroxyl groups excluding tert-OH is 1. The van der Waals surface area contributed by atoms with E-state index in [-0.39, 0.29) is 12.0 Å². The Hall–Kier alpha value is -1.41. The number of hydrogen-bond donors (Lipinski definition) is 1. The lowest BCUT2D eigenvalue weighted by atomic mass is 9.94. The highest BCUT2D eigenvalue weighted by atomic mass is 16.3. The van der Waals surface area contributed by atoms with Crippen LogP contribution in [0.5, 0.6) is 0 Å². The van der Waals surface area contributed by atoms with Gasteiger partial charge >= 0.3 is 0 Å². The van der Waals surface area contributed by atoms with Crippen molar-refractivity contribution in [3.63, 3.8) is 0 Å². The average molecular weight is 264 g/mol. The van der Waals surface area contributed by atoms with Crippen molar-refractivity contribution in [2.45, 2.75) is 53.5 Å². The summed E-state index contributed by atoms with van der Waals surface area (Å²) >= 11 is 0. The third-order valence-electron chi connectivity index (χ3n) is 3.13. The van der Waals surface area contributed by atoms with Gasteiger partial charge in [-0.1, -0.05) is 32.9 Å². The molecule has 0 atom stereocenters. The zero-order valence-electron chi connectivity index (χ0n) is 12.3. The van der Waals surface area contributed by atoms with Crippen molar-refractivity contribution < 1.29 is 5.11 Å². The predicted octanol–water partition coefficient (Wildman–Crippen LogP) is 1.95. The van der Waals surface area contributed by atoms with Crippen LogP contribution in [-0.4, -0.2) is 26.7 Å². The molecule has 0 bridgehead atoms. The third kappa shape index (κ3) is 4.64. The maximum Gasteiger partial charge on any atom is 0.0999 e. The van der Waals surface area contributed by atoms with Gasteiger partial charge in [0.1, 0.15) is 0 Å². The van der Waals surface area contributed by atoms with Crippen molar-refractivity contribution in [1.82, 2.24) is 15.0 Å². The van der Waals surface area contributed by atoms with Crippen molar-refractivity contribution in [1.29, 1.82) is 5.26 Å². The number of nitrogens with zero attached hydrogens (tertiary/aromatic N) is 4. The van der Waals surface area contributed by atoms with Crippen LogP contribution in [0.25, 0.3) is 0 Å². The van der Waals surface area contributed by atoms with Gasteiger partial charge < -0.3 is 5.11 Å². The van der Waals surface area contributed by atoms with E-state index in [1.54, 1.807) is 0 Å². The fourth-order valence-corrected chi connectivity index (χ4v) is 1.86. The van der Waals surface area contributed by atoms with E-state index in [9.17, 15) is 5.11 Å². The van der Waals surface area contributed by atoms with Crippen LogP contribution < -0.4 is 0 Å².